The van der Waals surface area contributed by atoms with Gasteiger partial charge in [0.2, 0.25) is 0 Å². The highest BCUT2D eigenvalue weighted by molar-refractivity contribution is 7.90. The molecule has 0 bridgehead atoms. The van der Waals surface area contributed by atoms with Crippen molar-refractivity contribution in [3.8, 4) is 0 Å². The highest BCUT2D eigenvalue weighted by atomic mass is 35.5. The zero-order valence-corrected chi connectivity index (χ0v) is 12.2. The van der Waals surface area contributed by atoms with Crippen LogP contribution in [0.1, 0.15) is 15.9 Å². The lowest BCUT2D eigenvalue weighted by molar-refractivity contribution is 0.0981. The highest BCUT2D eigenvalue weighted by Crippen LogP contribution is 2.14. The number of amides is 1. The zero-order valence-electron chi connectivity index (χ0n) is 10.6. The Morgan fingerprint density at radius 2 is 1.75 bits per heavy atom. The quantitative estimate of drug-likeness (QED) is 0.948. The Bertz CT molecular complexity index is 739. The van der Waals surface area contributed by atoms with E-state index in [1.54, 1.807) is 18.2 Å². The molecule has 2 aromatic rings. The van der Waals surface area contributed by atoms with Crippen molar-refractivity contribution in [2.75, 3.05) is 0 Å². The van der Waals surface area contributed by atoms with E-state index in [1.165, 1.54) is 24.3 Å². The normalized spacial score (nSPS) is 11.1. The number of hydrogen-bond donors (Lipinski definition) is 1. The first kappa shape index (κ1) is 14.6. The number of benzene rings is 2. The topological polar surface area (TPSA) is 63.2 Å². The smallest absolute Gasteiger partial charge is 0.265 e. The Hall–Kier alpha value is -1.85. The van der Waals surface area contributed by atoms with E-state index in [2.05, 4.69) is 0 Å². The van der Waals surface area contributed by atoms with Crippen LogP contribution in [0.15, 0.2) is 53.4 Å². The summed E-state index contributed by atoms with van der Waals surface area (Å²) < 4.78 is 26.1. The minimum absolute atomic E-state index is 0.0112. The summed E-state index contributed by atoms with van der Waals surface area (Å²) in [6.07, 6.45) is 0. The van der Waals surface area contributed by atoms with Crippen molar-refractivity contribution in [1.82, 2.24) is 4.72 Å². The Morgan fingerprint density at radius 1 is 1.10 bits per heavy atom. The summed E-state index contributed by atoms with van der Waals surface area (Å²) in [6.45, 7) is 1.82. The minimum Gasteiger partial charge on any atom is -0.268 e. The van der Waals surface area contributed by atoms with E-state index in [9.17, 15) is 13.2 Å². The fourth-order valence-electron chi connectivity index (χ4n) is 1.64. The number of nitrogens with one attached hydrogen (secondary N) is 1. The Morgan fingerprint density at radius 3 is 2.35 bits per heavy atom. The molecule has 20 heavy (non-hydrogen) atoms. The summed E-state index contributed by atoms with van der Waals surface area (Å²) >= 11 is 5.70. The predicted octanol–water partition coefficient (Wildman–Crippen LogP) is 2.77. The summed E-state index contributed by atoms with van der Waals surface area (Å²) in [4.78, 5) is 11.9. The van der Waals surface area contributed by atoms with Crippen LogP contribution in [0.25, 0.3) is 0 Å². The van der Waals surface area contributed by atoms with Crippen molar-refractivity contribution < 1.29 is 13.2 Å². The van der Waals surface area contributed by atoms with E-state index in [0.29, 0.717) is 10.6 Å². The van der Waals surface area contributed by atoms with Crippen LogP contribution in [0.4, 0.5) is 0 Å². The summed E-state index contributed by atoms with van der Waals surface area (Å²) in [5, 5.41) is 0.425. The molecule has 0 saturated heterocycles. The molecule has 2 rings (SSSR count). The first-order valence-electron chi connectivity index (χ1n) is 5.78. The molecule has 0 heterocycles. The number of carbonyl (C=O) groups is 1. The average Bonchev–Trinajstić information content (AvgIpc) is 2.38. The lowest BCUT2D eigenvalue weighted by Crippen LogP contribution is -2.30. The van der Waals surface area contributed by atoms with Crippen molar-refractivity contribution in [3.63, 3.8) is 0 Å². The molecule has 0 spiro atoms. The summed E-state index contributed by atoms with van der Waals surface area (Å²) in [5.41, 5.74) is 1.17. The van der Waals surface area contributed by atoms with Gasteiger partial charge in [0, 0.05) is 10.6 Å². The van der Waals surface area contributed by atoms with Crippen LogP contribution < -0.4 is 4.72 Å². The Kier molecular flexibility index (Phi) is 4.11. The SMILES string of the molecule is Cc1cccc(C(=O)NS(=O)(=O)c2ccc(Cl)cc2)c1. The first-order chi connectivity index (χ1) is 9.38. The van der Waals surface area contributed by atoms with E-state index in [1.807, 2.05) is 17.7 Å². The van der Waals surface area contributed by atoms with Crippen LogP contribution in [0, 0.1) is 6.92 Å². The minimum atomic E-state index is -3.90. The molecular formula is C14H12ClNO3S. The zero-order chi connectivity index (χ0) is 14.8. The molecule has 0 atom stereocenters. The molecule has 0 aliphatic rings. The molecule has 0 radical (unpaired) electrons. The van der Waals surface area contributed by atoms with Gasteiger partial charge in [-0.05, 0) is 43.3 Å². The van der Waals surface area contributed by atoms with Gasteiger partial charge < -0.3 is 0 Å². The molecule has 1 amide bonds. The van der Waals surface area contributed by atoms with Gasteiger partial charge in [-0.3, -0.25) is 4.79 Å². The number of sulfonamides is 1. The van der Waals surface area contributed by atoms with E-state index in [-0.39, 0.29) is 4.90 Å². The Labute approximate surface area is 122 Å². The Balaban J connectivity index is 2.24. The monoisotopic (exact) mass is 309 g/mol. The van der Waals surface area contributed by atoms with Gasteiger partial charge in [-0.1, -0.05) is 29.3 Å². The second-order valence-corrected chi connectivity index (χ2v) is 6.38. The highest BCUT2D eigenvalue weighted by Gasteiger charge is 2.18. The van der Waals surface area contributed by atoms with Crippen molar-refractivity contribution >= 4 is 27.5 Å². The second-order valence-electron chi connectivity index (χ2n) is 4.26. The van der Waals surface area contributed by atoms with Crippen molar-refractivity contribution in [2.45, 2.75) is 11.8 Å². The van der Waals surface area contributed by atoms with Crippen LogP contribution in [-0.2, 0) is 10.0 Å². The van der Waals surface area contributed by atoms with E-state index in [4.69, 9.17) is 11.6 Å². The molecule has 0 aromatic heterocycles. The molecule has 1 N–H and O–H groups in total. The van der Waals surface area contributed by atoms with E-state index in [0.717, 1.165) is 5.56 Å². The third-order valence-electron chi connectivity index (χ3n) is 2.63. The molecule has 104 valence electrons. The van der Waals surface area contributed by atoms with E-state index < -0.39 is 15.9 Å². The third-order valence-corrected chi connectivity index (χ3v) is 4.23. The van der Waals surface area contributed by atoms with Crippen LogP contribution in [0.5, 0.6) is 0 Å². The number of aryl methyl sites for hydroxylation is 1. The summed E-state index contributed by atoms with van der Waals surface area (Å²) in [5.74, 6) is -0.663. The molecule has 0 unspecified atom stereocenters. The molecule has 0 fully saturated rings. The van der Waals surface area contributed by atoms with Gasteiger partial charge in [-0.15, -0.1) is 0 Å². The lowest BCUT2D eigenvalue weighted by atomic mass is 10.1. The number of halogens is 1. The molecule has 0 aliphatic heterocycles. The fourth-order valence-corrected chi connectivity index (χ4v) is 2.74. The van der Waals surface area contributed by atoms with Gasteiger partial charge in [0.25, 0.3) is 15.9 Å². The van der Waals surface area contributed by atoms with Gasteiger partial charge in [0.05, 0.1) is 4.90 Å². The third kappa shape index (κ3) is 3.37. The molecular weight excluding hydrogens is 298 g/mol. The van der Waals surface area contributed by atoms with Gasteiger partial charge in [-0.25, -0.2) is 13.1 Å². The van der Waals surface area contributed by atoms with E-state index >= 15 is 0 Å². The van der Waals surface area contributed by atoms with Crippen LogP contribution in [-0.4, -0.2) is 14.3 Å². The average molecular weight is 310 g/mol. The summed E-state index contributed by atoms with van der Waals surface area (Å²) in [7, 11) is -3.90. The predicted molar refractivity (Wildman–Crippen MR) is 77.3 cm³/mol. The van der Waals surface area contributed by atoms with Gasteiger partial charge in [-0.2, -0.15) is 0 Å². The van der Waals surface area contributed by atoms with Crippen molar-refractivity contribution in [1.29, 1.82) is 0 Å². The van der Waals surface area contributed by atoms with Crippen LogP contribution in [0.3, 0.4) is 0 Å². The standard InChI is InChI=1S/C14H12ClNO3S/c1-10-3-2-4-11(9-10)14(17)16-20(18,19)13-7-5-12(15)6-8-13/h2-9H,1H3,(H,16,17). The van der Waals surface area contributed by atoms with Crippen molar-refractivity contribution in [2.24, 2.45) is 0 Å². The largest absolute Gasteiger partial charge is 0.268 e. The van der Waals surface area contributed by atoms with Crippen molar-refractivity contribution in [3.05, 3.63) is 64.7 Å². The number of rotatable bonds is 3. The number of carbonyl (C=O) groups excluding carboxylic acids is 1. The maximum Gasteiger partial charge on any atom is 0.265 e. The number of hydrogen-bond acceptors (Lipinski definition) is 3. The first-order valence-corrected chi connectivity index (χ1v) is 7.64. The summed E-state index contributed by atoms with van der Waals surface area (Å²) in [6, 6.07) is 12.3. The molecule has 6 heteroatoms. The molecule has 2 aromatic carbocycles. The molecule has 0 aliphatic carbocycles. The fraction of sp³-hybridized carbons (Fsp3) is 0.0714. The van der Waals surface area contributed by atoms with Crippen LogP contribution in [0.2, 0.25) is 5.02 Å². The molecule has 4 nitrogen and oxygen atoms in total. The maximum atomic E-state index is 12.0. The van der Waals surface area contributed by atoms with Gasteiger partial charge in [0.1, 0.15) is 0 Å². The van der Waals surface area contributed by atoms with Gasteiger partial charge >= 0.3 is 0 Å². The second kappa shape index (κ2) is 5.64. The van der Waals surface area contributed by atoms with Crippen LogP contribution >= 0.6 is 11.6 Å². The maximum absolute atomic E-state index is 12.0. The van der Waals surface area contributed by atoms with Gasteiger partial charge in [0.15, 0.2) is 0 Å². The lowest BCUT2D eigenvalue weighted by Gasteiger charge is -2.07. The molecule has 0 saturated carbocycles.